The third-order valence-electron chi connectivity index (χ3n) is 3.36. The zero-order chi connectivity index (χ0) is 14.7. The number of urea groups is 1. The summed E-state index contributed by atoms with van der Waals surface area (Å²) in [5, 5.41) is 11.7. The zero-order valence-corrected chi connectivity index (χ0v) is 11.5. The summed E-state index contributed by atoms with van der Waals surface area (Å²) in [6, 6.07) is -0.471. The van der Waals surface area contributed by atoms with E-state index < -0.39 is 11.9 Å². The Morgan fingerprint density at radius 3 is 2.85 bits per heavy atom. The number of hydrogen-bond acceptors (Lipinski definition) is 3. The van der Waals surface area contributed by atoms with E-state index in [4.69, 9.17) is 5.11 Å². The molecule has 0 fully saturated rings. The summed E-state index contributed by atoms with van der Waals surface area (Å²) in [5.41, 5.74) is 0. The van der Waals surface area contributed by atoms with Crippen LogP contribution in [0.2, 0.25) is 0 Å². The molecule has 2 unspecified atom stereocenters. The molecule has 108 valence electrons. The lowest BCUT2D eigenvalue weighted by Crippen LogP contribution is -2.42. The van der Waals surface area contributed by atoms with Crippen molar-refractivity contribution in [1.82, 2.24) is 19.8 Å². The van der Waals surface area contributed by atoms with Crippen LogP contribution in [0.5, 0.6) is 0 Å². The molecule has 1 aliphatic rings. The number of rotatable bonds is 4. The first-order chi connectivity index (χ1) is 9.47. The second-order valence-corrected chi connectivity index (χ2v) is 4.93. The highest BCUT2D eigenvalue weighted by Gasteiger charge is 2.26. The van der Waals surface area contributed by atoms with Gasteiger partial charge >= 0.3 is 12.0 Å². The number of carbonyl (C=O) groups excluding carboxylic acids is 1. The highest BCUT2D eigenvalue weighted by atomic mass is 16.4. The van der Waals surface area contributed by atoms with Crippen molar-refractivity contribution < 1.29 is 14.7 Å². The molecule has 0 spiro atoms. The predicted molar refractivity (Wildman–Crippen MR) is 71.9 cm³/mol. The molecule has 0 saturated heterocycles. The molecule has 7 heteroatoms. The molecule has 0 aliphatic heterocycles. The number of carboxylic acid groups (broad SMARTS) is 1. The molecule has 2 rings (SSSR count). The Morgan fingerprint density at radius 1 is 1.55 bits per heavy atom. The largest absolute Gasteiger partial charge is 0.481 e. The maximum Gasteiger partial charge on any atom is 0.318 e. The van der Waals surface area contributed by atoms with E-state index in [0.29, 0.717) is 13.0 Å². The van der Waals surface area contributed by atoms with E-state index in [1.807, 2.05) is 17.8 Å². The summed E-state index contributed by atoms with van der Waals surface area (Å²) < 4.78 is 1.85. The smallest absolute Gasteiger partial charge is 0.318 e. The summed E-state index contributed by atoms with van der Waals surface area (Å²) in [6.45, 7) is 0.397. The minimum atomic E-state index is -0.862. The van der Waals surface area contributed by atoms with Gasteiger partial charge in [-0.05, 0) is 6.42 Å². The first kappa shape index (κ1) is 14.1. The van der Waals surface area contributed by atoms with E-state index in [9.17, 15) is 9.59 Å². The molecular formula is C13H18N4O3. The van der Waals surface area contributed by atoms with Crippen molar-refractivity contribution in [1.29, 1.82) is 0 Å². The Hall–Kier alpha value is -2.31. The summed E-state index contributed by atoms with van der Waals surface area (Å²) in [4.78, 5) is 28.5. The van der Waals surface area contributed by atoms with Crippen LogP contribution in [-0.2, 0) is 18.4 Å². The van der Waals surface area contributed by atoms with Crippen LogP contribution in [0.4, 0.5) is 4.79 Å². The number of aromatic nitrogens is 2. The van der Waals surface area contributed by atoms with Crippen molar-refractivity contribution in [2.75, 3.05) is 7.05 Å². The number of hydrogen-bond donors (Lipinski definition) is 2. The van der Waals surface area contributed by atoms with E-state index in [1.165, 1.54) is 4.90 Å². The maximum absolute atomic E-state index is 12.0. The SMILES string of the molecule is CN(Cc1nccn1C)C(=O)NC1C=CC(C(=O)O)C1. The summed E-state index contributed by atoms with van der Waals surface area (Å²) in [7, 11) is 3.54. The molecule has 1 heterocycles. The van der Waals surface area contributed by atoms with Crippen LogP contribution in [0.25, 0.3) is 0 Å². The third-order valence-corrected chi connectivity index (χ3v) is 3.36. The van der Waals surface area contributed by atoms with Crippen molar-refractivity contribution in [2.24, 2.45) is 13.0 Å². The number of aryl methyl sites for hydroxylation is 1. The number of carbonyl (C=O) groups is 2. The molecule has 0 bridgehead atoms. The second kappa shape index (κ2) is 5.77. The van der Waals surface area contributed by atoms with Gasteiger partial charge in [-0.25, -0.2) is 9.78 Å². The van der Waals surface area contributed by atoms with Crippen LogP contribution in [0.1, 0.15) is 12.2 Å². The molecule has 1 aromatic rings. The lowest BCUT2D eigenvalue weighted by Gasteiger charge is -2.20. The van der Waals surface area contributed by atoms with Gasteiger partial charge in [0.2, 0.25) is 0 Å². The van der Waals surface area contributed by atoms with Gasteiger partial charge in [0, 0.05) is 26.5 Å². The predicted octanol–water partition coefficient (Wildman–Crippen LogP) is 0.591. The molecule has 7 nitrogen and oxygen atoms in total. The molecule has 0 aromatic carbocycles. The normalized spacial score (nSPS) is 20.9. The van der Waals surface area contributed by atoms with Crippen LogP contribution in [0, 0.1) is 5.92 Å². The maximum atomic E-state index is 12.0. The summed E-state index contributed by atoms with van der Waals surface area (Å²) >= 11 is 0. The first-order valence-electron chi connectivity index (χ1n) is 6.36. The quantitative estimate of drug-likeness (QED) is 0.789. The van der Waals surface area contributed by atoms with E-state index in [0.717, 1.165) is 5.82 Å². The molecular weight excluding hydrogens is 260 g/mol. The van der Waals surface area contributed by atoms with Gasteiger partial charge in [0.1, 0.15) is 5.82 Å². The number of aliphatic carboxylic acids is 1. The van der Waals surface area contributed by atoms with Gasteiger partial charge in [-0.2, -0.15) is 0 Å². The zero-order valence-electron chi connectivity index (χ0n) is 11.5. The molecule has 0 radical (unpaired) electrons. The number of imidazole rings is 1. The van der Waals surface area contributed by atoms with Crippen LogP contribution >= 0.6 is 0 Å². The van der Waals surface area contributed by atoms with Crippen LogP contribution < -0.4 is 5.32 Å². The molecule has 2 atom stereocenters. The highest BCUT2D eigenvalue weighted by molar-refractivity contribution is 5.76. The summed E-state index contributed by atoms with van der Waals surface area (Å²) in [6.07, 6.45) is 7.24. The number of carboxylic acids is 1. The van der Waals surface area contributed by atoms with E-state index in [1.54, 1.807) is 25.4 Å². The molecule has 20 heavy (non-hydrogen) atoms. The lowest BCUT2D eigenvalue weighted by molar-refractivity contribution is -0.140. The van der Waals surface area contributed by atoms with E-state index in [2.05, 4.69) is 10.3 Å². The van der Waals surface area contributed by atoms with Crippen molar-refractivity contribution in [3.05, 3.63) is 30.4 Å². The lowest BCUT2D eigenvalue weighted by atomic mass is 10.1. The Bertz CT molecular complexity index is 537. The molecule has 1 aliphatic carbocycles. The van der Waals surface area contributed by atoms with Gasteiger partial charge in [-0.1, -0.05) is 12.2 Å². The van der Waals surface area contributed by atoms with Crippen molar-refractivity contribution in [3.8, 4) is 0 Å². The van der Waals surface area contributed by atoms with Crippen molar-refractivity contribution in [3.63, 3.8) is 0 Å². The first-order valence-corrected chi connectivity index (χ1v) is 6.36. The van der Waals surface area contributed by atoms with Crippen molar-refractivity contribution in [2.45, 2.75) is 19.0 Å². The highest BCUT2D eigenvalue weighted by Crippen LogP contribution is 2.18. The van der Waals surface area contributed by atoms with Gasteiger partial charge < -0.3 is 19.9 Å². The molecule has 1 aromatic heterocycles. The van der Waals surface area contributed by atoms with Gasteiger partial charge in [0.05, 0.1) is 18.5 Å². The van der Waals surface area contributed by atoms with E-state index in [-0.39, 0.29) is 12.1 Å². The standard InChI is InChI=1S/C13H18N4O3/c1-16-6-5-14-11(16)8-17(2)13(20)15-10-4-3-9(7-10)12(18)19/h3-6,9-10H,7-8H2,1-2H3,(H,15,20)(H,18,19). The Labute approximate surface area is 116 Å². The van der Waals surface area contributed by atoms with E-state index >= 15 is 0 Å². The Morgan fingerprint density at radius 2 is 2.30 bits per heavy atom. The average molecular weight is 278 g/mol. The molecule has 2 amide bonds. The fraction of sp³-hybridized carbons (Fsp3) is 0.462. The molecule has 0 saturated carbocycles. The van der Waals surface area contributed by atoms with Crippen LogP contribution in [0.3, 0.4) is 0 Å². The number of nitrogens with one attached hydrogen (secondary N) is 1. The van der Waals surface area contributed by atoms with Crippen molar-refractivity contribution >= 4 is 12.0 Å². The number of amides is 2. The monoisotopic (exact) mass is 278 g/mol. The second-order valence-electron chi connectivity index (χ2n) is 4.93. The molecule has 2 N–H and O–H groups in total. The van der Waals surface area contributed by atoms with Gasteiger partial charge in [-0.15, -0.1) is 0 Å². The Balaban J connectivity index is 1.85. The van der Waals surface area contributed by atoms with Crippen LogP contribution in [0.15, 0.2) is 24.5 Å². The summed E-state index contributed by atoms with van der Waals surface area (Å²) in [5.74, 6) is -0.590. The topological polar surface area (TPSA) is 87.5 Å². The van der Waals surface area contributed by atoms with Crippen LogP contribution in [-0.4, -0.2) is 44.6 Å². The Kier molecular flexibility index (Phi) is 4.07. The van der Waals surface area contributed by atoms with Gasteiger partial charge in [-0.3, -0.25) is 4.79 Å². The minimum Gasteiger partial charge on any atom is -0.481 e. The fourth-order valence-electron chi connectivity index (χ4n) is 2.09. The average Bonchev–Trinajstić information content (AvgIpc) is 2.99. The number of nitrogens with zero attached hydrogens (tertiary/aromatic N) is 3. The third kappa shape index (κ3) is 3.17. The fourth-order valence-corrected chi connectivity index (χ4v) is 2.09. The van der Waals surface area contributed by atoms with Gasteiger partial charge in [0.25, 0.3) is 0 Å². The minimum absolute atomic E-state index is 0.229. The van der Waals surface area contributed by atoms with Gasteiger partial charge in [0.15, 0.2) is 0 Å².